The topological polar surface area (TPSA) is 125 Å². The molecule has 1 aliphatic carbocycles. The molecule has 130 valence electrons. The van der Waals surface area contributed by atoms with E-state index in [1.165, 1.54) is 0 Å². The number of nitrogens with one attached hydrogen (secondary N) is 2. The highest BCUT2D eigenvalue weighted by Gasteiger charge is 2.59. The lowest BCUT2D eigenvalue weighted by Gasteiger charge is -2.09. The molecule has 1 aromatic rings. The third-order valence-corrected chi connectivity index (χ3v) is 4.22. The summed E-state index contributed by atoms with van der Waals surface area (Å²) >= 11 is 5.39. The van der Waals surface area contributed by atoms with Crippen LogP contribution in [0.1, 0.15) is 6.42 Å². The number of rotatable bonds is 8. The van der Waals surface area contributed by atoms with Gasteiger partial charge in [-0.3, -0.25) is 14.9 Å². The molecule has 0 spiro atoms. The second-order valence-corrected chi connectivity index (χ2v) is 5.66. The van der Waals surface area contributed by atoms with Crippen LogP contribution in [0, 0.1) is 17.8 Å². The predicted molar refractivity (Wildman–Crippen MR) is 84.5 cm³/mol. The number of ether oxygens (including phenoxy) is 1. The Balaban J connectivity index is 1.81. The van der Waals surface area contributed by atoms with Crippen molar-refractivity contribution in [3.8, 4) is 0 Å². The fourth-order valence-corrected chi connectivity index (χ4v) is 3.06. The Morgan fingerprint density at radius 2 is 1.88 bits per heavy atom. The molecule has 4 N–H and O–H groups in total. The maximum absolute atomic E-state index is 11.6. The van der Waals surface area contributed by atoms with E-state index < -0.39 is 41.8 Å². The molecule has 0 radical (unpaired) electrons. The lowest BCUT2D eigenvalue weighted by molar-refractivity contribution is -0.140. The van der Waals surface area contributed by atoms with Crippen molar-refractivity contribution >= 4 is 35.5 Å². The van der Waals surface area contributed by atoms with Gasteiger partial charge in [-0.05, 0) is 36.2 Å². The van der Waals surface area contributed by atoms with Crippen LogP contribution in [0.4, 0.5) is 10.5 Å². The molecule has 1 amide bonds. The van der Waals surface area contributed by atoms with E-state index in [4.69, 9.17) is 26.7 Å². The monoisotopic (exact) mass is 356 g/mol. The molecule has 1 aliphatic rings. The first-order valence-corrected chi connectivity index (χ1v) is 7.64. The third kappa shape index (κ3) is 4.36. The Bertz CT molecular complexity index is 611. The van der Waals surface area contributed by atoms with Crippen LogP contribution in [-0.4, -0.2) is 40.9 Å². The van der Waals surface area contributed by atoms with Gasteiger partial charge in [0.25, 0.3) is 0 Å². The molecule has 2 rings (SSSR count). The summed E-state index contributed by atoms with van der Waals surface area (Å²) in [5.41, 5.74) is 0.576. The molecule has 0 bridgehead atoms. The van der Waals surface area contributed by atoms with Gasteiger partial charge < -0.3 is 14.9 Å². The number of carbonyl (C=O) groups excluding carboxylic acids is 1. The number of amides is 1. The molecule has 1 aromatic carbocycles. The van der Waals surface area contributed by atoms with Gasteiger partial charge in [-0.25, -0.2) is 9.63 Å². The van der Waals surface area contributed by atoms with Gasteiger partial charge in [0, 0.05) is 11.6 Å². The lowest BCUT2D eigenvalue weighted by atomic mass is 10.1. The van der Waals surface area contributed by atoms with E-state index in [1.807, 2.05) is 0 Å². The van der Waals surface area contributed by atoms with Crippen molar-refractivity contribution in [1.82, 2.24) is 4.84 Å². The van der Waals surface area contributed by atoms with Gasteiger partial charge in [-0.1, -0.05) is 18.2 Å². The molecule has 1 fully saturated rings. The number of carboxylic acids is 2. The van der Waals surface area contributed by atoms with Crippen molar-refractivity contribution in [2.24, 2.45) is 17.8 Å². The van der Waals surface area contributed by atoms with E-state index in [1.54, 1.807) is 30.3 Å². The van der Waals surface area contributed by atoms with Crippen LogP contribution >= 0.6 is 11.8 Å². The van der Waals surface area contributed by atoms with Gasteiger partial charge in [0.15, 0.2) is 0 Å². The molecule has 9 heteroatoms. The third-order valence-electron chi connectivity index (χ3n) is 3.99. The largest absolute Gasteiger partial charge is 0.481 e. The van der Waals surface area contributed by atoms with Crippen molar-refractivity contribution in [3.63, 3.8) is 0 Å². The van der Waals surface area contributed by atoms with Crippen molar-refractivity contribution in [1.29, 1.82) is 0 Å². The number of hydrogen-bond donors (Lipinski definition) is 4. The van der Waals surface area contributed by atoms with Crippen molar-refractivity contribution in [2.45, 2.75) is 12.5 Å². The molecule has 24 heavy (non-hydrogen) atoms. The second-order valence-electron chi connectivity index (χ2n) is 5.45. The fraction of sp³-hybridized carbons (Fsp3) is 0.400. The zero-order chi connectivity index (χ0) is 17.7. The minimum Gasteiger partial charge on any atom is -0.481 e. The van der Waals surface area contributed by atoms with Gasteiger partial charge in [-0.2, -0.15) is 0 Å². The summed E-state index contributed by atoms with van der Waals surface area (Å²) in [6, 6.07) is 7.56. The molecular formula is C15H17ClN2O6. The summed E-state index contributed by atoms with van der Waals surface area (Å²) in [5, 5.41) is 20.7. The normalized spacial score (nSPS) is 23.1. The average Bonchev–Trinajstić information content (AvgIpc) is 3.22. The van der Waals surface area contributed by atoms with Crippen LogP contribution in [0.3, 0.4) is 0 Å². The molecule has 0 heterocycles. The van der Waals surface area contributed by atoms with Crippen LogP contribution in [0.25, 0.3) is 0 Å². The Morgan fingerprint density at radius 3 is 2.42 bits per heavy atom. The summed E-state index contributed by atoms with van der Waals surface area (Å²) < 4.78 is 5.00. The molecule has 4 atom stereocenters. The minimum atomic E-state index is -1.22. The maximum atomic E-state index is 11.6. The number of benzene rings is 1. The molecule has 0 aromatic heterocycles. The van der Waals surface area contributed by atoms with Crippen LogP contribution < -0.4 is 10.2 Å². The standard InChI is InChI=1S/C15H17ClN2O6/c16-18-12(14(21)22)10-9(11(10)13(19)20)6-7-24-15(23)17-8-4-2-1-3-5-8/h1-5,9-12,18H,6-7H2,(H,17,23)(H,19,20)(H,21,22)/t9-,10+,11+,12+/m1/s1. The van der Waals surface area contributed by atoms with Crippen molar-refractivity contribution in [3.05, 3.63) is 30.3 Å². The van der Waals surface area contributed by atoms with Gasteiger partial charge in [0.05, 0.1) is 12.5 Å². The van der Waals surface area contributed by atoms with E-state index in [9.17, 15) is 14.4 Å². The van der Waals surface area contributed by atoms with Crippen LogP contribution in [0.15, 0.2) is 30.3 Å². The van der Waals surface area contributed by atoms with Gasteiger partial charge in [0.2, 0.25) is 0 Å². The first kappa shape index (κ1) is 18.0. The van der Waals surface area contributed by atoms with Gasteiger partial charge in [-0.15, -0.1) is 0 Å². The first-order valence-electron chi connectivity index (χ1n) is 7.26. The van der Waals surface area contributed by atoms with Gasteiger partial charge in [0.1, 0.15) is 6.04 Å². The summed E-state index contributed by atoms with van der Waals surface area (Å²) in [4.78, 5) is 36.0. The number of hydrogen-bond acceptors (Lipinski definition) is 5. The highest BCUT2D eigenvalue weighted by Crippen LogP contribution is 2.51. The minimum absolute atomic E-state index is 0.0156. The molecular weight excluding hydrogens is 340 g/mol. The SMILES string of the molecule is O=C(Nc1ccccc1)OCC[C@H]1[C@H](C(=O)O)[C@H]1[C@H](NCl)C(=O)O. The van der Waals surface area contributed by atoms with Crippen molar-refractivity contribution < 1.29 is 29.3 Å². The fourth-order valence-electron chi connectivity index (χ4n) is 2.82. The Morgan fingerprint density at radius 1 is 1.21 bits per heavy atom. The van der Waals surface area contributed by atoms with Crippen LogP contribution in [0.2, 0.25) is 0 Å². The lowest BCUT2D eigenvalue weighted by Crippen LogP contribution is -2.34. The number of carbonyl (C=O) groups is 3. The number of halogens is 1. The number of anilines is 1. The van der Waals surface area contributed by atoms with Crippen LogP contribution in [0.5, 0.6) is 0 Å². The number of aliphatic carboxylic acids is 2. The van der Waals surface area contributed by atoms with E-state index in [-0.39, 0.29) is 13.0 Å². The summed E-state index contributed by atoms with van der Waals surface area (Å²) in [5.74, 6) is -4.18. The Hall–Kier alpha value is -2.32. The highest BCUT2D eigenvalue weighted by atomic mass is 35.5. The summed E-state index contributed by atoms with van der Waals surface area (Å²) in [6.07, 6.45) is -0.415. The first-order chi connectivity index (χ1) is 11.5. The predicted octanol–water partition coefficient (Wildman–Crippen LogP) is 1.77. The van der Waals surface area contributed by atoms with E-state index in [0.29, 0.717) is 5.69 Å². The smallest absolute Gasteiger partial charge is 0.411 e. The summed E-state index contributed by atoms with van der Waals surface area (Å²) in [7, 11) is 0. The zero-order valence-corrected chi connectivity index (χ0v) is 13.3. The molecule has 0 aliphatic heterocycles. The van der Waals surface area contributed by atoms with E-state index >= 15 is 0 Å². The number of para-hydroxylation sites is 1. The van der Waals surface area contributed by atoms with Crippen LogP contribution in [-0.2, 0) is 14.3 Å². The van der Waals surface area contributed by atoms with Gasteiger partial charge >= 0.3 is 18.0 Å². The highest BCUT2D eigenvalue weighted by molar-refractivity contribution is 6.15. The molecule has 0 saturated heterocycles. The maximum Gasteiger partial charge on any atom is 0.411 e. The Labute approximate surface area is 142 Å². The molecule has 0 unspecified atom stereocenters. The van der Waals surface area contributed by atoms with E-state index in [2.05, 4.69) is 10.2 Å². The van der Waals surface area contributed by atoms with E-state index in [0.717, 1.165) is 0 Å². The average molecular weight is 357 g/mol. The van der Waals surface area contributed by atoms with Crippen molar-refractivity contribution in [2.75, 3.05) is 11.9 Å². The zero-order valence-electron chi connectivity index (χ0n) is 12.5. The summed E-state index contributed by atoms with van der Waals surface area (Å²) in [6.45, 7) is -0.0156. The molecule has 8 nitrogen and oxygen atoms in total. The number of carboxylic acid groups (broad SMARTS) is 2. The Kier molecular flexibility index (Phi) is 5.99. The molecule has 1 saturated carbocycles. The quantitative estimate of drug-likeness (QED) is 0.523. The second kappa shape index (κ2) is 7.98.